The highest BCUT2D eigenvalue weighted by molar-refractivity contribution is 7.98. The number of oxime groups is 1. The first-order chi connectivity index (χ1) is 8.70. The van der Waals surface area contributed by atoms with E-state index in [-0.39, 0.29) is 11.7 Å². The molecule has 0 aromatic carbocycles. The van der Waals surface area contributed by atoms with Crippen LogP contribution in [0.1, 0.15) is 26.5 Å². The van der Waals surface area contributed by atoms with Gasteiger partial charge in [0.25, 0.3) is 5.91 Å². The van der Waals surface area contributed by atoms with E-state index < -0.39 is 0 Å². The lowest BCUT2D eigenvalue weighted by Gasteiger charge is -2.08. The van der Waals surface area contributed by atoms with Crippen molar-refractivity contribution in [3.8, 4) is 0 Å². The molecule has 0 aliphatic carbocycles. The molecule has 0 fully saturated rings. The maximum Gasteiger partial charge on any atom is 0.261 e. The lowest BCUT2D eigenvalue weighted by Crippen LogP contribution is -2.27. The summed E-state index contributed by atoms with van der Waals surface area (Å²) in [5, 5.41) is 14.0. The van der Waals surface area contributed by atoms with E-state index in [1.54, 1.807) is 11.3 Å². The van der Waals surface area contributed by atoms with Gasteiger partial charge in [0, 0.05) is 23.6 Å². The van der Waals surface area contributed by atoms with E-state index in [2.05, 4.69) is 10.5 Å². The molecule has 0 unspecified atom stereocenters. The van der Waals surface area contributed by atoms with Crippen LogP contribution >= 0.6 is 23.1 Å². The summed E-state index contributed by atoms with van der Waals surface area (Å²) in [6.07, 6.45) is 1.41. The van der Waals surface area contributed by atoms with Crippen molar-refractivity contribution in [1.29, 1.82) is 0 Å². The van der Waals surface area contributed by atoms with Crippen molar-refractivity contribution in [2.45, 2.75) is 18.6 Å². The Morgan fingerprint density at radius 1 is 1.61 bits per heavy atom. The molecule has 1 aromatic rings. The first-order valence-corrected chi connectivity index (χ1v) is 7.61. The number of carbonyl (C=O) groups excluding carboxylic acids is 1. The van der Waals surface area contributed by atoms with Gasteiger partial charge in [-0.3, -0.25) is 4.79 Å². The minimum atomic E-state index is -0.0786. The van der Waals surface area contributed by atoms with Crippen molar-refractivity contribution >= 4 is 34.8 Å². The summed E-state index contributed by atoms with van der Waals surface area (Å²) in [4.78, 5) is 14.0. The Hall–Kier alpha value is -1.21. The first kappa shape index (κ1) is 13.2. The van der Waals surface area contributed by atoms with Crippen molar-refractivity contribution in [1.82, 2.24) is 5.32 Å². The first-order valence-electron chi connectivity index (χ1n) is 5.64. The molecule has 4 N–H and O–H groups in total. The predicted octanol–water partition coefficient (Wildman–Crippen LogP) is 1.40. The van der Waals surface area contributed by atoms with Crippen LogP contribution in [0.25, 0.3) is 0 Å². The third-order valence-electron chi connectivity index (χ3n) is 2.65. The number of amides is 1. The molecule has 5 nitrogen and oxygen atoms in total. The second kappa shape index (κ2) is 6.10. The number of amidine groups is 1. The van der Waals surface area contributed by atoms with Gasteiger partial charge in [-0.1, -0.05) is 5.16 Å². The average Bonchev–Trinajstić information content (AvgIpc) is 2.82. The van der Waals surface area contributed by atoms with Gasteiger partial charge in [0.1, 0.15) is 5.84 Å². The van der Waals surface area contributed by atoms with Gasteiger partial charge in [-0.2, -0.15) is 11.8 Å². The van der Waals surface area contributed by atoms with Crippen LogP contribution in [-0.4, -0.2) is 29.2 Å². The zero-order chi connectivity index (χ0) is 13.0. The molecule has 2 rings (SSSR count). The number of aryl methyl sites for hydroxylation is 1. The van der Waals surface area contributed by atoms with Crippen LogP contribution in [0.2, 0.25) is 0 Å². The highest BCUT2D eigenvalue weighted by Crippen LogP contribution is 2.31. The van der Waals surface area contributed by atoms with Crippen molar-refractivity contribution in [3.63, 3.8) is 0 Å². The summed E-state index contributed by atoms with van der Waals surface area (Å²) in [5.74, 6) is 2.18. The molecule has 1 aliphatic rings. The maximum atomic E-state index is 11.9. The molecule has 0 spiro atoms. The van der Waals surface area contributed by atoms with Gasteiger partial charge in [0.2, 0.25) is 0 Å². The summed E-state index contributed by atoms with van der Waals surface area (Å²) in [6.45, 7) is 0.381. The lowest BCUT2D eigenvalue weighted by molar-refractivity contribution is 0.0958. The van der Waals surface area contributed by atoms with Crippen LogP contribution in [0.3, 0.4) is 0 Å². The molecular formula is C11H15N3O2S2. The second-order valence-electron chi connectivity index (χ2n) is 3.96. The van der Waals surface area contributed by atoms with Crippen LogP contribution in [0.15, 0.2) is 11.2 Å². The van der Waals surface area contributed by atoms with Crippen molar-refractivity contribution in [2.24, 2.45) is 10.9 Å². The molecule has 0 atom stereocenters. The SMILES string of the molecule is NC(CCNC(=O)c1cc2c(s1)CCSC2)=NO. The molecule has 1 aromatic heterocycles. The average molecular weight is 285 g/mol. The van der Waals surface area contributed by atoms with E-state index in [0.717, 1.165) is 22.8 Å². The summed E-state index contributed by atoms with van der Waals surface area (Å²) >= 11 is 3.47. The summed E-state index contributed by atoms with van der Waals surface area (Å²) < 4.78 is 0. The van der Waals surface area contributed by atoms with E-state index in [9.17, 15) is 4.79 Å². The molecule has 98 valence electrons. The Bertz CT molecular complexity index is 447. The number of rotatable bonds is 4. The maximum absolute atomic E-state index is 11.9. The fourth-order valence-corrected chi connectivity index (χ4v) is 3.99. The Kier molecular flexibility index (Phi) is 4.48. The molecular weight excluding hydrogens is 270 g/mol. The highest BCUT2D eigenvalue weighted by atomic mass is 32.2. The Balaban J connectivity index is 1.91. The molecule has 2 heterocycles. The minimum absolute atomic E-state index is 0.0786. The van der Waals surface area contributed by atoms with Gasteiger partial charge < -0.3 is 16.3 Å². The van der Waals surface area contributed by atoms with E-state index in [4.69, 9.17) is 10.9 Å². The van der Waals surface area contributed by atoms with Gasteiger partial charge in [-0.15, -0.1) is 11.3 Å². The normalized spacial score (nSPS) is 15.2. The number of carbonyl (C=O) groups is 1. The zero-order valence-electron chi connectivity index (χ0n) is 9.81. The molecule has 0 radical (unpaired) electrons. The summed E-state index contributed by atoms with van der Waals surface area (Å²) in [5.41, 5.74) is 6.62. The fourth-order valence-electron chi connectivity index (χ4n) is 1.70. The van der Waals surface area contributed by atoms with Gasteiger partial charge in [0.05, 0.1) is 4.88 Å². The van der Waals surface area contributed by atoms with Gasteiger partial charge in [-0.05, 0) is 23.8 Å². The highest BCUT2D eigenvalue weighted by Gasteiger charge is 2.17. The van der Waals surface area contributed by atoms with Crippen LogP contribution in [0.4, 0.5) is 0 Å². The Labute approximate surface area is 113 Å². The van der Waals surface area contributed by atoms with Gasteiger partial charge in [-0.25, -0.2) is 0 Å². The number of thioether (sulfide) groups is 1. The van der Waals surface area contributed by atoms with Gasteiger partial charge >= 0.3 is 0 Å². The van der Waals surface area contributed by atoms with Gasteiger partial charge in [0.15, 0.2) is 0 Å². The minimum Gasteiger partial charge on any atom is -0.409 e. The monoisotopic (exact) mass is 285 g/mol. The van der Waals surface area contributed by atoms with Crippen LogP contribution in [0, 0.1) is 0 Å². The number of hydrogen-bond acceptors (Lipinski definition) is 5. The van der Waals surface area contributed by atoms with Crippen LogP contribution in [0.5, 0.6) is 0 Å². The fraction of sp³-hybridized carbons (Fsp3) is 0.455. The number of nitrogens with zero attached hydrogens (tertiary/aromatic N) is 1. The lowest BCUT2D eigenvalue weighted by atomic mass is 10.2. The van der Waals surface area contributed by atoms with E-state index in [1.165, 1.54) is 10.4 Å². The summed E-state index contributed by atoms with van der Waals surface area (Å²) in [6, 6.07) is 1.98. The number of nitrogens with one attached hydrogen (secondary N) is 1. The molecule has 18 heavy (non-hydrogen) atoms. The molecule has 0 saturated heterocycles. The molecule has 0 saturated carbocycles. The number of fused-ring (bicyclic) bond motifs is 1. The molecule has 1 amide bonds. The molecule has 0 bridgehead atoms. The summed E-state index contributed by atoms with van der Waals surface area (Å²) in [7, 11) is 0. The quantitative estimate of drug-likeness (QED) is 0.338. The predicted molar refractivity (Wildman–Crippen MR) is 74.5 cm³/mol. The molecule has 1 aliphatic heterocycles. The Morgan fingerprint density at radius 3 is 3.17 bits per heavy atom. The standard InChI is InChI=1S/C11H15N3O2S2/c12-10(14-16)1-3-13-11(15)9-5-7-6-17-4-2-8(7)18-9/h5,16H,1-4,6H2,(H2,12,14)(H,13,15). The molecule has 7 heteroatoms. The van der Waals surface area contributed by atoms with Crippen molar-refractivity contribution in [3.05, 3.63) is 21.4 Å². The smallest absolute Gasteiger partial charge is 0.261 e. The van der Waals surface area contributed by atoms with E-state index >= 15 is 0 Å². The van der Waals surface area contributed by atoms with E-state index in [1.807, 2.05) is 17.8 Å². The van der Waals surface area contributed by atoms with E-state index in [0.29, 0.717) is 13.0 Å². The number of nitrogens with two attached hydrogens (primary N) is 1. The van der Waals surface area contributed by atoms with Crippen LogP contribution < -0.4 is 11.1 Å². The topological polar surface area (TPSA) is 87.7 Å². The van der Waals surface area contributed by atoms with Crippen molar-refractivity contribution < 1.29 is 10.0 Å². The second-order valence-corrected chi connectivity index (χ2v) is 6.20. The number of hydrogen-bond donors (Lipinski definition) is 3. The third kappa shape index (κ3) is 3.17. The third-order valence-corrected chi connectivity index (χ3v) is 4.89. The van der Waals surface area contributed by atoms with Crippen molar-refractivity contribution in [2.75, 3.05) is 12.3 Å². The number of thiophene rings is 1. The zero-order valence-corrected chi connectivity index (χ0v) is 11.4. The Morgan fingerprint density at radius 2 is 2.44 bits per heavy atom. The van der Waals surface area contributed by atoms with Crippen LogP contribution in [-0.2, 0) is 12.2 Å². The largest absolute Gasteiger partial charge is 0.409 e.